The van der Waals surface area contributed by atoms with Gasteiger partial charge >= 0.3 is 6.18 Å². The molecule has 2 saturated heterocycles. The van der Waals surface area contributed by atoms with Crippen molar-refractivity contribution < 1.29 is 28.2 Å². The molecule has 3 atom stereocenters. The second-order valence-electron chi connectivity index (χ2n) is 11.8. The first kappa shape index (κ1) is 25.6. The number of carbonyl (C=O) groups is 1. The van der Waals surface area contributed by atoms with Crippen LogP contribution in [-0.2, 0) is 29.2 Å². The number of hydrogen-bond donors (Lipinski definition) is 2. The van der Waals surface area contributed by atoms with Crippen LogP contribution in [0.1, 0.15) is 60.1 Å². The van der Waals surface area contributed by atoms with Crippen LogP contribution in [-0.4, -0.2) is 68.7 Å². The fourth-order valence-corrected chi connectivity index (χ4v) is 7.32. The van der Waals surface area contributed by atoms with E-state index in [0.717, 1.165) is 54.5 Å². The van der Waals surface area contributed by atoms with Crippen LogP contribution in [0.25, 0.3) is 0 Å². The van der Waals surface area contributed by atoms with Gasteiger partial charge in [-0.15, -0.1) is 0 Å². The maximum Gasteiger partial charge on any atom is 0.416 e. The normalized spacial score (nSPS) is 29.4. The van der Waals surface area contributed by atoms with Crippen molar-refractivity contribution >= 4 is 5.91 Å². The van der Waals surface area contributed by atoms with Crippen molar-refractivity contribution in [1.29, 1.82) is 0 Å². The van der Waals surface area contributed by atoms with Gasteiger partial charge in [-0.05, 0) is 92.8 Å². The lowest BCUT2D eigenvalue weighted by Gasteiger charge is -2.61. The summed E-state index contributed by atoms with van der Waals surface area (Å²) in [6.07, 6.45) is 1.18. The molecule has 3 unspecified atom stereocenters. The average molecular weight is 530 g/mol. The summed E-state index contributed by atoms with van der Waals surface area (Å²) < 4.78 is 39.5. The van der Waals surface area contributed by atoms with E-state index in [9.17, 15) is 28.2 Å². The van der Waals surface area contributed by atoms with Crippen LogP contribution in [0, 0.1) is 12.8 Å². The van der Waals surface area contributed by atoms with Gasteiger partial charge in [-0.3, -0.25) is 14.7 Å². The minimum absolute atomic E-state index is 0.0755. The lowest BCUT2D eigenvalue weighted by atomic mass is 9.52. The van der Waals surface area contributed by atoms with Gasteiger partial charge in [0.25, 0.3) is 0 Å². The number of aromatic nitrogens is 1. The third kappa shape index (κ3) is 4.18. The molecular formula is C29H34F3N3O3. The summed E-state index contributed by atoms with van der Waals surface area (Å²) in [5, 5.41) is 23.2. The number of pyridine rings is 1. The number of phenols is 1. The second kappa shape index (κ2) is 8.95. The fourth-order valence-electron chi connectivity index (χ4n) is 7.32. The zero-order chi connectivity index (χ0) is 26.9. The number of piperidine rings is 1. The quantitative estimate of drug-likeness (QED) is 0.627. The number of amides is 1. The van der Waals surface area contributed by atoms with Gasteiger partial charge in [0.05, 0.1) is 23.3 Å². The zero-order valence-corrected chi connectivity index (χ0v) is 21.6. The van der Waals surface area contributed by atoms with Crippen LogP contribution in [0.3, 0.4) is 0 Å². The summed E-state index contributed by atoms with van der Waals surface area (Å²) in [5.41, 5.74) is 0.558. The zero-order valence-electron chi connectivity index (χ0n) is 21.6. The summed E-state index contributed by atoms with van der Waals surface area (Å²) in [6.45, 7) is 4.45. The Bertz CT molecular complexity index is 1260. The third-order valence-electron chi connectivity index (χ3n) is 9.59. The number of aromatic hydroxyl groups is 1. The largest absolute Gasteiger partial charge is 0.508 e. The number of halogens is 3. The molecule has 6 nitrogen and oxygen atoms in total. The van der Waals surface area contributed by atoms with Gasteiger partial charge in [0.2, 0.25) is 5.91 Å². The molecule has 1 aromatic carbocycles. The maximum absolute atomic E-state index is 13.3. The van der Waals surface area contributed by atoms with Crippen molar-refractivity contribution in [3.8, 4) is 5.75 Å². The fraction of sp³-hybridized carbons (Fsp3) is 0.586. The van der Waals surface area contributed by atoms with Gasteiger partial charge < -0.3 is 15.1 Å². The highest BCUT2D eigenvalue weighted by atomic mass is 19.4. The van der Waals surface area contributed by atoms with Crippen molar-refractivity contribution in [1.82, 2.24) is 14.8 Å². The lowest BCUT2D eigenvalue weighted by Crippen LogP contribution is -2.71. The average Bonchev–Trinajstić information content (AvgIpc) is 3.69. The Morgan fingerprint density at radius 3 is 2.61 bits per heavy atom. The van der Waals surface area contributed by atoms with Gasteiger partial charge in [0, 0.05) is 37.3 Å². The molecular weight excluding hydrogens is 495 g/mol. The van der Waals surface area contributed by atoms with Gasteiger partial charge in [-0.25, -0.2) is 0 Å². The van der Waals surface area contributed by atoms with Crippen molar-refractivity contribution in [2.24, 2.45) is 5.92 Å². The molecule has 2 bridgehead atoms. The van der Waals surface area contributed by atoms with E-state index in [2.05, 4.69) is 9.88 Å². The topological polar surface area (TPSA) is 76.9 Å². The van der Waals surface area contributed by atoms with Crippen LogP contribution in [0.2, 0.25) is 0 Å². The Balaban J connectivity index is 1.31. The van der Waals surface area contributed by atoms with Gasteiger partial charge in [-0.1, -0.05) is 6.07 Å². The molecule has 0 radical (unpaired) electrons. The van der Waals surface area contributed by atoms with E-state index in [1.807, 2.05) is 19.1 Å². The van der Waals surface area contributed by atoms with Gasteiger partial charge in [-0.2, -0.15) is 13.2 Å². The monoisotopic (exact) mass is 529 g/mol. The summed E-state index contributed by atoms with van der Waals surface area (Å²) in [4.78, 5) is 21.5. The predicted octanol–water partition coefficient (Wildman–Crippen LogP) is 3.99. The van der Waals surface area contributed by atoms with E-state index in [1.54, 1.807) is 4.90 Å². The predicted molar refractivity (Wildman–Crippen MR) is 135 cm³/mol. The van der Waals surface area contributed by atoms with Crippen molar-refractivity contribution in [3.05, 3.63) is 58.4 Å². The van der Waals surface area contributed by atoms with Gasteiger partial charge in [0.1, 0.15) is 5.75 Å². The Kier molecular flexibility index (Phi) is 6.03. The lowest BCUT2D eigenvalue weighted by molar-refractivity contribution is -0.149. The number of phenolic OH excluding ortho intramolecular Hbond substituents is 1. The Hall–Kier alpha value is -2.65. The number of alkyl halides is 3. The highest BCUT2D eigenvalue weighted by Gasteiger charge is 2.63. The van der Waals surface area contributed by atoms with Crippen molar-refractivity contribution in [2.75, 3.05) is 26.2 Å². The highest BCUT2D eigenvalue weighted by Crippen LogP contribution is 2.57. The Morgan fingerprint density at radius 2 is 1.87 bits per heavy atom. The number of fused-ring (bicyclic) bond motifs is 1. The number of carbonyl (C=O) groups excluding carboxylic acids is 1. The molecule has 1 amide bonds. The van der Waals surface area contributed by atoms with Crippen LogP contribution >= 0.6 is 0 Å². The molecule has 6 rings (SSSR count). The van der Waals surface area contributed by atoms with E-state index in [4.69, 9.17) is 0 Å². The molecule has 4 aliphatic rings. The number of hydrogen-bond acceptors (Lipinski definition) is 5. The molecule has 1 aromatic heterocycles. The molecule has 9 heteroatoms. The number of nitrogens with zero attached hydrogens (tertiary/aromatic N) is 3. The Morgan fingerprint density at radius 1 is 1.13 bits per heavy atom. The number of benzene rings is 1. The number of rotatable bonds is 4. The molecule has 38 heavy (non-hydrogen) atoms. The second-order valence-corrected chi connectivity index (χ2v) is 11.8. The molecule has 2 N–H and O–H groups in total. The van der Waals surface area contributed by atoms with Gasteiger partial charge in [0.15, 0.2) is 0 Å². The minimum atomic E-state index is -4.50. The van der Waals surface area contributed by atoms with Crippen molar-refractivity contribution in [3.63, 3.8) is 0 Å². The van der Waals surface area contributed by atoms with E-state index < -0.39 is 22.8 Å². The molecule has 3 heterocycles. The molecule has 2 aromatic rings. The Labute approximate surface area is 220 Å². The highest BCUT2D eigenvalue weighted by molar-refractivity contribution is 5.78. The van der Waals surface area contributed by atoms with Crippen LogP contribution in [0.15, 0.2) is 30.5 Å². The number of aliphatic hydroxyl groups is 1. The first-order chi connectivity index (χ1) is 18.0. The summed E-state index contributed by atoms with van der Waals surface area (Å²) in [7, 11) is 0. The minimum Gasteiger partial charge on any atom is -0.508 e. The van der Waals surface area contributed by atoms with Crippen LogP contribution in [0.5, 0.6) is 5.75 Å². The molecule has 3 fully saturated rings. The third-order valence-corrected chi connectivity index (χ3v) is 9.59. The summed E-state index contributed by atoms with van der Waals surface area (Å²) in [5.74, 6) is 0.608. The smallest absolute Gasteiger partial charge is 0.416 e. The summed E-state index contributed by atoms with van der Waals surface area (Å²) in [6, 6.07) is 5.64. The van der Waals surface area contributed by atoms with Crippen LogP contribution < -0.4 is 0 Å². The molecule has 2 aliphatic heterocycles. The number of aryl methyl sites for hydroxylation is 1. The van der Waals surface area contributed by atoms with E-state index in [0.29, 0.717) is 38.3 Å². The van der Waals surface area contributed by atoms with Crippen LogP contribution in [0.4, 0.5) is 13.2 Å². The molecule has 0 spiro atoms. The standard InChI is InChI=1S/C29H34F3N3O3/c1-18-12-20-13-25-28(38)7-11-34(26(37)15-22-14-21(4-8-33-22)29(30,31)32)9-5-27(28,23(20)16-24(18)36)6-10-35(25)17-19-2-3-19/h4,8,12,14,16,19,25,36,38H,2-3,5-7,9-11,13,15,17H2,1H3. The first-order valence-corrected chi connectivity index (χ1v) is 13.6. The molecule has 1 saturated carbocycles. The van der Waals surface area contributed by atoms with E-state index >= 15 is 0 Å². The molecule has 2 aliphatic carbocycles. The first-order valence-electron chi connectivity index (χ1n) is 13.6. The van der Waals surface area contributed by atoms with E-state index in [-0.39, 0.29) is 29.8 Å². The molecule has 204 valence electrons. The maximum atomic E-state index is 13.3. The van der Waals surface area contributed by atoms with E-state index in [1.165, 1.54) is 12.8 Å². The van der Waals surface area contributed by atoms with Crippen molar-refractivity contribution in [2.45, 2.75) is 75.1 Å². The summed E-state index contributed by atoms with van der Waals surface area (Å²) >= 11 is 0. The SMILES string of the molecule is Cc1cc2c(cc1O)C13CCN(C(=O)Cc4cc(C(F)(F)F)ccn4)CCC1(O)C(C2)N(CC1CC1)CC3. The number of likely N-dealkylation sites (tertiary alicyclic amines) is 2.